The van der Waals surface area contributed by atoms with Crippen molar-refractivity contribution in [3.8, 4) is 5.75 Å². The molecule has 0 fully saturated rings. The maximum Gasteiger partial charge on any atom is 0.123 e. The van der Waals surface area contributed by atoms with E-state index in [1.165, 1.54) is 16.7 Å². The summed E-state index contributed by atoms with van der Waals surface area (Å²) < 4.78 is 6.90. The van der Waals surface area contributed by atoms with E-state index in [-0.39, 0.29) is 12.1 Å². The minimum absolute atomic E-state index is 0.187. The quantitative estimate of drug-likeness (QED) is 0.914. The van der Waals surface area contributed by atoms with Crippen LogP contribution in [0.15, 0.2) is 46.9 Å². The molecule has 2 atom stereocenters. The van der Waals surface area contributed by atoms with Gasteiger partial charge in [0.05, 0.1) is 6.04 Å². The third kappa shape index (κ3) is 2.48. The van der Waals surface area contributed by atoms with E-state index in [1.807, 2.05) is 13.1 Å². The maximum atomic E-state index is 5.77. The second kappa shape index (κ2) is 5.58. The number of ether oxygens (including phenoxy) is 1. The standard InChI is InChI=1S/C17H18BrNO/c1-11-9-13-10-12(7-8-16(13)20-11)17(19-2)14-5-3-4-6-15(14)18/h3-8,10-11,17,19H,9H2,1-2H3. The Morgan fingerprint density at radius 3 is 2.80 bits per heavy atom. The molecule has 0 amide bonds. The van der Waals surface area contributed by atoms with E-state index in [4.69, 9.17) is 4.74 Å². The van der Waals surface area contributed by atoms with Gasteiger partial charge < -0.3 is 10.1 Å². The van der Waals surface area contributed by atoms with Crippen molar-refractivity contribution < 1.29 is 4.74 Å². The predicted molar refractivity (Wildman–Crippen MR) is 85.3 cm³/mol. The van der Waals surface area contributed by atoms with Crippen LogP contribution in [0.3, 0.4) is 0 Å². The Bertz CT molecular complexity index is 626. The maximum absolute atomic E-state index is 5.77. The molecule has 1 aliphatic rings. The Kier molecular flexibility index (Phi) is 3.81. The molecular formula is C17H18BrNO. The number of nitrogens with one attached hydrogen (secondary N) is 1. The third-order valence-electron chi connectivity index (χ3n) is 3.76. The molecule has 2 nitrogen and oxygen atoms in total. The SMILES string of the molecule is CNC(c1ccc2c(c1)CC(C)O2)c1ccccc1Br. The summed E-state index contributed by atoms with van der Waals surface area (Å²) >= 11 is 3.64. The monoisotopic (exact) mass is 331 g/mol. The number of benzene rings is 2. The van der Waals surface area contributed by atoms with Crippen molar-refractivity contribution in [3.63, 3.8) is 0 Å². The fourth-order valence-corrected chi connectivity index (χ4v) is 3.35. The zero-order valence-corrected chi connectivity index (χ0v) is 13.3. The third-order valence-corrected chi connectivity index (χ3v) is 4.48. The highest BCUT2D eigenvalue weighted by molar-refractivity contribution is 9.10. The second-order valence-corrected chi connectivity index (χ2v) is 6.10. The summed E-state index contributed by atoms with van der Waals surface area (Å²) in [5, 5.41) is 3.41. The van der Waals surface area contributed by atoms with Crippen molar-refractivity contribution in [1.29, 1.82) is 0 Å². The topological polar surface area (TPSA) is 21.3 Å². The molecule has 104 valence electrons. The van der Waals surface area contributed by atoms with E-state index < -0.39 is 0 Å². The van der Waals surface area contributed by atoms with E-state index in [0.717, 1.165) is 16.6 Å². The van der Waals surface area contributed by atoms with Crippen LogP contribution < -0.4 is 10.1 Å². The lowest BCUT2D eigenvalue weighted by Crippen LogP contribution is -2.18. The molecule has 0 aliphatic carbocycles. The van der Waals surface area contributed by atoms with Crippen molar-refractivity contribution >= 4 is 15.9 Å². The zero-order chi connectivity index (χ0) is 14.1. The van der Waals surface area contributed by atoms with Crippen molar-refractivity contribution in [2.45, 2.75) is 25.5 Å². The molecule has 0 aromatic heterocycles. The van der Waals surface area contributed by atoms with Crippen LogP contribution in [0, 0.1) is 0 Å². The Hall–Kier alpha value is -1.32. The molecule has 0 saturated carbocycles. The molecule has 0 radical (unpaired) electrons. The van der Waals surface area contributed by atoms with Gasteiger partial charge in [-0.15, -0.1) is 0 Å². The van der Waals surface area contributed by atoms with Crippen molar-refractivity contribution in [2.24, 2.45) is 0 Å². The largest absolute Gasteiger partial charge is 0.490 e. The van der Waals surface area contributed by atoms with E-state index >= 15 is 0 Å². The summed E-state index contributed by atoms with van der Waals surface area (Å²) in [7, 11) is 2.00. The minimum Gasteiger partial charge on any atom is -0.490 e. The lowest BCUT2D eigenvalue weighted by molar-refractivity contribution is 0.254. The molecular weight excluding hydrogens is 314 g/mol. The van der Waals surface area contributed by atoms with Gasteiger partial charge in [0.2, 0.25) is 0 Å². The Labute approximate surface area is 128 Å². The molecule has 2 unspecified atom stereocenters. The molecule has 0 bridgehead atoms. The summed E-state index contributed by atoms with van der Waals surface area (Å²) in [6, 6.07) is 15.0. The predicted octanol–water partition coefficient (Wildman–Crippen LogP) is 4.08. The van der Waals surface area contributed by atoms with Crippen LogP contribution in [0.2, 0.25) is 0 Å². The number of halogens is 1. The first kappa shape index (κ1) is 13.7. The van der Waals surface area contributed by atoms with Gasteiger partial charge in [0.1, 0.15) is 11.9 Å². The van der Waals surface area contributed by atoms with E-state index in [2.05, 4.69) is 64.6 Å². The first-order valence-corrected chi connectivity index (χ1v) is 7.69. The summed E-state index contributed by atoms with van der Waals surface area (Å²) in [6.45, 7) is 2.11. The van der Waals surface area contributed by atoms with Gasteiger partial charge in [-0.1, -0.05) is 46.3 Å². The lowest BCUT2D eigenvalue weighted by Gasteiger charge is -2.19. The van der Waals surface area contributed by atoms with E-state index in [1.54, 1.807) is 0 Å². The zero-order valence-electron chi connectivity index (χ0n) is 11.7. The fraction of sp³-hybridized carbons (Fsp3) is 0.294. The molecule has 3 rings (SSSR count). The molecule has 1 N–H and O–H groups in total. The number of rotatable bonds is 3. The van der Waals surface area contributed by atoms with Gasteiger partial charge in [0, 0.05) is 10.9 Å². The van der Waals surface area contributed by atoms with Gasteiger partial charge in [0.25, 0.3) is 0 Å². The Morgan fingerprint density at radius 2 is 2.05 bits per heavy atom. The summed E-state index contributed by atoms with van der Waals surface area (Å²) in [5.74, 6) is 1.03. The highest BCUT2D eigenvalue weighted by Gasteiger charge is 2.22. The summed E-state index contributed by atoms with van der Waals surface area (Å²) in [6.07, 6.45) is 1.28. The number of fused-ring (bicyclic) bond motifs is 1. The highest BCUT2D eigenvalue weighted by atomic mass is 79.9. The van der Waals surface area contributed by atoms with Crippen LogP contribution in [0.1, 0.15) is 29.7 Å². The van der Waals surface area contributed by atoms with Gasteiger partial charge in [-0.3, -0.25) is 0 Å². The van der Waals surface area contributed by atoms with Crippen molar-refractivity contribution in [1.82, 2.24) is 5.32 Å². The average Bonchev–Trinajstić information content (AvgIpc) is 2.81. The van der Waals surface area contributed by atoms with E-state index in [9.17, 15) is 0 Å². The van der Waals surface area contributed by atoms with E-state index in [0.29, 0.717) is 0 Å². The smallest absolute Gasteiger partial charge is 0.123 e. The van der Waals surface area contributed by atoms with Gasteiger partial charge >= 0.3 is 0 Å². The van der Waals surface area contributed by atoms with Crippen LogP contribution in [0.4, 0.5) is 0 Å². The minimum atomic E-state index is 0.187. The van der Waals surface area contributed by atoms with Crippen molar-refractivity contribution in [3.05, 3.63) is 63.6 Å². The fourth-order valence-electron chi connectivity index (χ4n) is 2.83. The highest BCUT2D eigenvalue weighted by Crippen LogP contribution is 2.34. The normalized spacial score (nSPS) is 18.4. The molecule has 2 aromatic rings. The Morgan fingerprint density at radius 1 is 1.25 bits per heavy atom. The van der Waals surface area contributed by atoms with Gasteiger partial charge in [-0.25, -0.2) is 0 Å². The van der Waals surface area contributed by atoms with Gasteiger partial charge in [-0.2, -0.15) is 0 Å². The number of hydrogen-bond donors (Lipinski definition) is 1. The molecule has 1 aliphatic heterocycles. The van der Waals surface area contributed by atoms with Gasteiger partial charge in [-0.05, 0) is 42.8 Å². The summed E-state index contributed by atoms with van der Waals surface area (Å²) in [5.41, 5.74) is 3.83. The van der Waals surface area contributed by atoms with Crippen LogP contribution in [-0.2, 0) is 6.42 Å². The average molecular weight is 332 g/mol. The molecule has 2 aromatic carbocycles. The Balaban J connectivity index is 1.99. The number of hydrogen-bond acceptors (Lipinski definition) is 2. The van der Waals surface area contributed by atoms with Crippen molar-refractivity contribution in [2.75, 3.05) is 7.05 Å². The van der Waals surface area contributed by atoms with Gasteiger partial charge in [0.15, 0.2) is 0 Å². The molecule has 0 spiro atoms. The van der Waals surface area contributed by atoms with Crippen LogP contribution >= 0.6 is 15.9 Å². The first-order valence-electron chi connectivity index (χ1n) is 6.90. The van der Waals surface area contributed by atoms with Crippen LogP contribution in [0.25, 0.3) is 0 Å². The second-order valence-electron chi connectivity index (χ2n) is 5.24. The van der Waals surface area contributed by atoms with Crippen LogP contribution in [-0.4, -0.2) is 13.2 Å². The summed E-state index contributed by atoms with van der Waals surface area (Å²) in [4.78, 5) is 0. The molecule has 20 heavy (non-hydrogen) atoms. The molecule has 1 heterocycles. The lowest BCUT2D eigenvalue weighted by atomic mass is 9.96. The first-order chi connectivity index (χ1) is 9.69. The molecule has 3 heteroatoms. The molecule has 0 saturated heterocycles. The van der Waals surface area contributed by atoms with Crippen LogP contribution in [0.5, 0.6) is 5.75 Å².